The van der Waals surface area contributed by atoms with Gasteiger partial charge in [-0.2, -0.15) is 0 Å². The predicted molar refractivity (Wildman–Crippen MR) is 104 cm³/mol. The molecule has 2 aromatic rings. The smallest absolute Gasteiger partial charge is 0.313 e. The highest BCUT2D eigenvalue weighted by atomic mass is 32.2. The van der Waals surface area contributed by atoms with Crippen molar-refractivity contribution in [3.05, 3.63) is 24.3 Å². The number of carboxylic acid groups (broad SMARTS) is 1. The Hall–Kier alpha value is -2.07. The fourth-order valence-corrected chi connectivity index (χ4v) is 4.56. The molecule has 0 aliphatic heterocycles. The average molecular weight is 411 g/mol. The van der Waals surface area contributed by atoms with Crippen LogP contribution in [-0.4, -0.2) is 46.3 Å². The van der Waals surface area contributed by atoms with Gasteiger partial charge in [0.25, 0.3) is 0 Å². The monoisotopic (exact) mass is 410 g/mol. The normalized spacial score (nSPS) is 15.6. The van der Waals surface area contributed by atoms with Crippen LogP contribution in [0.2, 0.25) is 0 Å². The van der Waals surface area contributed by atoms with Crippen molar-refractivity contribution in [2.75, 3.05) is 16.7 Å². The topological polar surface area (TPSA) is 114 Å². The first-order valence-electron chi connectivity index (χ1n) is 8.71. The minimum absolute atomic E-state index is 0.0674. The van der Waals surface area contributed by atoms with Gasteiger partial charge in [0.2, 0.25) is 10.0 Å². The lowest BCUT2D eigenvalue weighted by molar-refractivity contribution is -0.133. The van der Waals surface area contributed by atoms with E-state index in [0.717, 1.165) is 37.5 Å². The Bertz CT molecular complexity index is 904. The molecule has 1 fully saturated rings. The second-order valence-electron chi connectivity index (χ2n) is 6.60. The zero-order chi connectivity index (χ0) is 19.4. The van der Waals surface area contributed by atoms with Gasteiger partial charge in [-0.3, -0.25) is 14.1 Å². The van der Waals surface area contributed by atoms with E-state index in [4.69, 9.17) is 5.11 Å². The maximum absolute atomic E-state index is 11.4. The Morgan fingerprint density at radius 3 is 2.48 bits per heavy atom. The number of aromatic nitrogens is 3. The number of carbonyl (C=O) groups is 1. The second-order valence-corrected chi connectivity index (χ2v) is 9.29. The van der Waals surface area contributed by atoms with Gasteiger partial charge in [-0.1, -0.05) is 31.0 Å². The number of benzene rings is 1. The molecule has 2 N–H and O–H groups in total. The maximum atomic E-state index is 11.4. The fourth-order valence-electron chi connectivity index (χ4n) is 3.27. The van der Waals surface area contributed by atoms with Crippen LogP contribution in [0.5, 0.6) is 0 Å². The minimum Gasteiger partial charge on any atom is -0.481 e. The number of anilines is 1. The first kappa shape index (κ1) is 19.7. The van der Waals surface area contributed by atoms with E-state index < -0.39 is 16.0 Å². The van der Waals surface area contributed by atoms with Crippen LogP contribution in [0, 0.1) is 0 Å². The molecule has 0 radical (unpaired) electrons. The van der Waals surface area contributed by atoms with Gasteiger partial charge >= 0.3 is 5.97 Å². The summed E-state index contributed by atoms with van der Waals surface area (Å²) in [6.45, 7) is 0. The quantitative estimate of drug-likeness (QED) is 0.674. The van der Waals surface area contributed by atoms with Gasteiger partial charge in [-0.15, -0.1) is 10.2 Å². The van der Waals surface area contributed by atoms with Crippen molar-refractivity contribution in [3.8, 4) is 11.4 Å². The number of nitrogens with one attached hydrogen (secondary N) is 1. The molecule has 1 aromatic carbocycles. The van der Waals surface area contributed by atoms with E-state index in [-0.39, 0.29) is 11.8 Å². The van der Waals surface area contributed by atoms with Crippen LogP contribution in [0.15, 0.2) is 29.4 Å². The molecule has 1 saturated carbocycles. The Kier molecular flexibility index (Phi) is 6.05. The van der Waals surface area contributed by atoms with Crippen molar-refractivity contribution < 1.29 is 18.3 Å². The number of hydrogen-bond acceptors (Lipinski definition) is 6. The predicted octanol–water partition coefficient (Wildman–Crippen LogP) is 3.00. The summed E-state index contributed by atoms with van der Waals surface area (Å²) in [5.41, 5.74) is 1.29. The summed E-state index contributed by atoms with van der Waals surface area (Å²) < 4.78 is 27.2. The minimum atomic E-state index is -3.33. The molecule has 1 heterocycles. The van der Waals surface area contributed by atoms with Gasteiger partial charge in [-0.25, -0.2) is 8.42 Å². The lowest BCUT2D eigenvalue weighted by Crippen LogP contribution is -2.15. The van der Waals surface area contributed by atoms with Gasteiger partial charge in [0, 0.05) is 17.3 Å². The van der Waals surface area contributed by atoms with Crippen LogP contribution in [-0.2, 0) is 14.8 Å². The van der Waals surface area contributed by atoms with Crippen LogP contribution in [0.4, 0.5) is 5.69 Å². The van der Waals surface area contributed by atoms with E-state index in [2.05, 4.69) is 14.9 Å². The largest absolute Gasteiger partial charge is 0.481 e. The number of rotatable bonds is 7. The van der Waals surface area contributed by atoms with Crippen LogP contribution in [0.3, 0.4) is 0 Å². The molecule has 1 aliphatic carbocycles. The first-order valence-corrected chi connectivity index (χ1v) is 11.6. The molecule has 146 valence electrons. The molecule has 0 bridgehead atoms. The highest BCUT2D eigenvalue weighted by Gasteiger charge is 2.24. The molecule has 3 rings (SSSR count). The van der Waals surface area contributed by atoms with Gasteiger partial charge < -0.3 is 5.11 Å². The van der Waals surface area contributed by atoms with Crippen LogP contribution in [0.25, 0.3) is 11.4 Å². The summed E-state index contributed by atoms with van der Waals surface area (Å²) in [5, 5.41) is 18.1. The standard InChI is InChI=1S/C17H22N4O4S2/c1-27(24,25)20-13-9-7-12(8-10-13)16-18-19-17(26-11-15(22)23)21(16)14-5-3-2-4-6-14/h7-10,14,20H,2-6,11H2,1H3,(H,22,23). The number of sulfonamides is 1. The molecular weight excluding hydrogens is 388 g/mol. The molecule has 10 heteroatoms. The molecule has 0 atom stereocenters. The fraction of sp³-hybridized carbons (Fsp3) is 0.471. The Balaban J connectivity index is 1.92. The Morgan fingerprint density at radius 2 is 1.89 bits per heavy atom. The summed E-state index contributed by atoms with van der Waals surface area (Å²) in [4.78, 5) is 11.0. The summed E-state index contributed by atoms with van der Waals surface area (Å²) >= 11 is 1.17. The first-order chi connectivity index (χ1) is 12.8. The van der Waals surface area contributed by atoms with Gasteiger partial charge in [0.15, 0.2) is 11.0 Å². The van der Waals surface area contributed by atoms with Crippen molar-refractivity contribution in [1.29, 1.82) is 0 Å². The molecule has 8 nitrogen and oxygen atoms in total. The highest BCUT2D eigenvalue weighted by molar-refractivity contribution is 7.99. The number of carboxylic acids is 1. The third-order valence-electron chi connectivity index (χ3n) is 4.38. The molecule has 27 heavy (non-hydrogen) atoms. The summed E-state index contributed by atoms with van der Waals surface area (Å²) in [6.07, 6.45) is 6.59. The Labute approximate surface area is 162 Å². The maximum Gasteiger partial charge on any atom is 0.313 e. The molecule has 1 aromatic heterocycles. The van der Waals surface area contributed by atoms with Crippen molar-refractivity contribution >= 4 is 33.4 Å². The molecule has 1 aliphatic rings. The second kappa shape index (κ2) is 8.30. The van der Waals surface area contributed by atoms with E-state index >= 15 is 0 Å². The van der Waals surface area contributed by atoms with Crippen LogP contribution in [0.1, 0.15) is 38.1 Å². The van der Waals surface area contributed by atoms with E-state index in [1.807, 2.05) is 4.57 Å². The van der Waals surface area contributed by atoms with Crippen molar-refractivity contribution in [3.63, 3.8) is 0 Å². The molecule has 0 unspecified atom stereocenters. The summed E-state index contributed by atoms with van der Waals surface area (Å²) in [5.74, 6) is -0.279. The average Bonchev–Trinajstić information content (AvgIpc) is 3.04. The van der Waals surface area contributed by atoms with E-state index in [9.17, 15) is 13.2 Å². The summed E-state index contributed by atoms with van der Waals surface area (Å²) in [6, 6.07) is 7.19. The zero-order valence-corrected chi connectivity index (χ0v) is 16.6. The van der Waals surface area contributed by atoms with E-state index in [1.54, 1.807) is 24.3 Å². The van der Waals surface area contributed by atoms with Gasteiger partial charge in [0.1, 0.15) is 0 Å². The van der Waals surface area contributed by atoms with Crippen molar-refractivity contribution in [1.82, 2.24) is 14.8 Å². The zero-order valence-electron chi connectivity index (χ0n) is 15.0. The summed E-state index contributed by atoms with van der Waals surface area (Å²) in [7, 11) is -3.33. The number of thioether (sulfide) groups is 1. The third-order valence-corrected chi connectivity index (χ3v) is 5.91. The molecule has 0 spiro atoms. The Morgan fingerprint density at radius 1 is 1.22 bits per heavy atom. The molecule has 0 saturated heterocycles. The number of hydrogen-bond donors (Lipinski definition) is 2. The molecule has 0 amide bonds. The third kappa shape index (κ3) is 5.23. The lowest BCUT2D eigenvalue weighted by Gasteiger charge is -2.25. The van der Waals surface area contributed by atoms with Gasteiger partial charge in [-0.05, 0) is 37.1 Å². The highest BCUT2D eigenvalue weighted by Crippen LogP contribution is 2.35. The van der Waals surface area contributed by atoms with Crippen LogP contribution < -0.4 is 4.72 Å². The molecular formula is C17H22N4O4S2. The lowest BCUT2D eigenvalue weighted by atomic mass is 9.95. The SMILES string of the molecule is CS(=O)(=O)Nc1ccc(-c2nnc(SCC(=O)O)n2C2CCCCC2)cc1. The number of nitrogens with zero attached hydrogens (tertiary/aromatic N) is 3. The van der Waals surface area contributed by atoms with Crippen molar-refractivity contribution in [2.45, 2.75) is 43.3 Å². The van der Waals surface area contributed by atoms with E-state index in [1.165, 1.54) is 18.2 Å². The van der Waals surface area contributed by atoms with Gasteiger partial charge in [0.05, 0.1) is 12.0 Å². The van der Waals surface area contributed by atoms with Crippen LogP contribution >= 0.6 is 11.8 Å². The van der Waals surface area contributed by atoms with Crippen molar-refractivity contribution in [2.24, 2.45) is 0 Å². The number of aliphatic carboxylic acids is 1. The van der Waals surface area contributed by atoms with E-state index in [0.29, 0.717) is 16.7 Å².